The van der Waals surface area contributed by atoms with Crippen LogP contribution in [0.25, 0.3) is 0 Å². The second-order valence-corrected chi connectivity index (χ2v) is 17.0. The van der Waals surface area contributed by atoms with Crippen LogP contribution in [0.2, 0.25) is 18.1 Å². The SMILES string of the molecule is C=CC[C@@H]1O[C@H](CC(C)(C)O[Si](C)(C)C(C)(C)C)[C@@]2(C(=O)OC)C(=O)CC[C@H](C(C)C)[C@@H]12. The van der Waals surface area contributed by atoms with Crippen molar-refractivity contribution in [1.29, 1.82) is 0 Å². The van der Waals surface area contributed by atoms with Gasteiger partial charge in [0, 0.05) is 18.8 Å². The second-order valence-electron chi connectivity index (χ2n) is 12.3. The largest absolute Gasteiger partial charge is 0.468 e. The highest BCUT2D eigenvalue weighted by Gasteiger charge is 2.69. The second kappa shape index (κ2) is 9.34. The van der Waals surface area contributed by atoms with Gasteiger partial charge in [0.1, 0.15) is 0 Å². The van der Waals surface area contributed by atoms with Gasteiger partial charge in [-0.3, -0.25) is 9.59 Å². The predicted octanol–water partition coefficient (Wildman–Crippen LogP) is 5.93. The summed E-state index contributed by atoms with van der Waals surface area (Å²) in [4.78, 5) is 27.1. The molecular formula is C26H46O5Si. The van der Waals surface area contributed by atoms with Crippen LogP contribution in [0.15, 0.2) is 12.7 Å². The Labute approximate surface area is 196 Å². The van der Waals surface area contributed by atoms with E-state index >= 15 is 0 Å². The van der Waals surface area contributed by atoms with Gasteiger partial charge in [0.2, 0.25) is 0 Å². The average molecular weight is 467 g/mol. The molecule has 1 saturated carbocycles. The van der Waals surface area contributed by atoms with Crippen molar-refractivity contribution in [3.63, 3.8) is 0 Å². The van der Waals surface area contributed by atoms with Crippen LogP contribution in [0.5, 0.6) is 0 Å². The normalized spacial score (nSPS) is 31.5. The zero-order valence-corrected chi connectivity index (χ0v) is 23.0. The van der Waals surface area contributed by atoms with Crippen molar-refractivity contribution in [1.82, 2.24) is 0 Å². The van der Waals surface area contributed by atoms with Crippen LogP contribution in [0.1, 0.15) is 74.1 Å². The number of methoxy groups -OCH3 is 1. The zero-order chi connectivity index (χ0) is 24.7. The Morgan fingerprint density at radius 1 is 1.28 bits per heavy atom. The number of Topliss-reactive ketones (excluding diaryl/α,β-unsaturated/α-hetero) is 1. The lowest BCUT2D eigenvalue weighted by molar-refractivity contribution is -0.170. The number of ether oxygens (including phenoxy) is 2. The maximum atomic E-state index is 13.6. The number of carbonyl (C=O) groups is 2. The van der Waals surface area contributed by atoms with Gasteiger partial charge >= 0.3 is 5.97 Å². The third-order valence-electron chi connectivity index (χ3n) is 8.19. The summed E-state index contributed by atoms with van der Waals surface area (Å²) in [5, 5.41) is 0.0537. The molecule has 1 heterocycles. The lowest BCUT2D eigenvalue weighted by Crippen LogP contribution is -2.58. The Balaban J connectivity index is 2.54. The molecule has 0 unspecified atom stereocenters. The number of rotatable bonds is 8. The molecule has 0 spiro atoms. The van der Waals surface area contributed by atoms with Crippen LogP contribution in [0.3, 0.4) is 0 Å². The smallest absolute Gasteiger partial charge is 0.322 e. The first-order valence-electron chi connectivity index (χ1n) is 12.1. The fourth-order valence-electron chi connectivity index (χ4n) is 5.78. The van der Waals surface area contributed by atoms with Gasteiger partial charge in [-0.15, -0.1) is 6.58 Å². The van der Waals surface area contributed by atoms with E-state index in [4.69, 9.17) is 13.9 Å². The van der Waals surface area contributed by atoms with Gasteiger partial charge < -0.3 is 13.9 Å². The van der Waals surface area contributed by atoms with Gasteiger partial charge in [0.05, 0.1) is 24.9 Å². The maximum absolute atomic E-state index is 13.6. The van der Waals surface area contributed by atoms with Crippen molar-refractivity contribution < 1.29 is 23.5 Å². The quantitative estimate of drug-likeness (QED) is 0.192. The van der Waals surface area contributed by atoms with Crippen LogP contribution in [-0.4, -0.2) is 45.0 Å². The standard InChI is InChI=1S/C26H46O5Si/c1-12-13-19-22-18(17(2)3)14-15-20(27)26(22,23(28)29-9)21(30-19)16-25(7,8)31-32(10,11)24(4,5)6/h12,17-19,21-22H,1,13-16H2,2-11H3/t18-,19+,21-,22+,26+/m1/s1. The van der Waals surface area contributed by atoms with Crippen molar-refractivity contribution in [3.8, 4) is 0 Å². The Kier molecular flexibility index (Phi) is 7.96. The number of ketones is 1. The molecule has 5 atom stereocenters. The molecule has 1 saturated heterocycles. The maximum Gasteiger partial charge on any atom is 0.322 e. The van der Waals surface area contributed by atoms with E-state index in [1.807, 2.05) is 6.08 Å². The highest BCUT2D eigenvalue weighted by Crippen LogP contribution is 2.58. The van der Waals surface area contributed by atoms with Gasteiger partial charge in [0.25, 0.3) is 0 Å². The third kappa shape index (κ3) is 4.78. The molecule has 2 aliphatic rings. The molecule has 1 aliphatic heterocycles. The van der Waals surface area contributed by atoms with Gasteiger partial charge in [-0.1, -0.05) is 40.7 Å². The van der Waals surface area contributed by atoms with Crippen LogP contribution in [-0.2, 0) is 23.5 Å². The first-order chi connectivity index (χ1) is 14.5. The summed E-state index contributed by atoms with van der Waals surface area (Å²) in [6, 6.07) is 0. The zero-order valence-electron chi connectivity index (χ0n) is 22.0. The molecule has 0 bridgehead atoms. The minimum atomic E-state index is -2.07. The Bertz CT molecular complexity index is 710. The summed E-state index contributed by atoms with van der Waals surface area (Å²) < 4.78 is 18.7. The van der Waals surface area contributed by atoms with E-state index in [9.17, 15) is 9.59 Å². The summed E-state index contributed by atoms with van der Waals surface area (Å²) in [5.74, 6) is -0.138. The molecule has 0 aromatic heterocycles. The number of fused-ring (bicyclic) bond motifs is 1. The van der Waals surface area contributed by atoms with E-state index in [-0.39, 0.29) is 28.8 Å². The van der Waals surface area contributed by atoms with Gasteiger partial charge in [-0.2, -0.15) is 0 Å². The van der Waals surface area contributed by atoms with Crippen LogP contribution < -0.4 is 0 Å². The molecule has 0 amide bonds. The number of esters is 1. The van der Waals surface area contributed by atoms with Crippen molar-refractivity contribution >= 4 is 20.1 Å². The highest BCUT2D eigenvalue weighted by atomic mass is 28.4. The van der Waals surface area contributed by atoms with E-state index < -0.39 is 31.4 Å². The number of hydrogen-bond acceptors (Lipinski definition) is 5. The fraction of sp³-hybridized carbons (Fsp3) is 0.846. The lowest BCUT2D eigenvalue weighted by Gasteiger charge is -2.47. The van der Waals surface area contributed by atoms with E-state index in [1.54, 1.807) is 0 Å². The van der Waals surface area contributed by atoms with Crippen molar-refractivity contribution in [2.24, 2.45) is 23.2 Å². The molecule has 0 N–H and O–H groups in total. The van der Waals surface area contributed by atoms with Crippen molar-refractivity contribution in [2.45, 2.75) is 110 Å². The monoisotopic (exact) mass is 466 g/mol. The average Bonchev–Trinajstić information content (AvgIpc) is 2.94. The van der Waals surface area contributed by atoms with Gasteiger partial charge in [-0.05, 0) is 56.7 Å². The third-order valence-corrected chi connectivity index (χ3v) is 12.9. The molecule has 1 aliphatic carbocycles. The van der Waals surface area contributed by atoms with Crippen LogP contribution in [0.4, 0.5) is 0 Å². The van der Waals surface area contributed by atoms with Crippen molar-refractivity contribution in [2.75, 3.05) is 7.11 Å². The van der Waals surface area contributed by atoms with Crippen LogP contribution in [0, 0.1) is 23.2 Å². The topological polar surface area (TPSA) is 61.8 Å². The molecule has 6 heteroatoms. The molecule has 0 aromatic rings. The van der Waals surface area contributed by atoms with E-state index in [1.165, 1.54) is 7.11 Å². The summed E-state index contributed by atoms with van der Waals surface area (Å²) in [7, 11) is -0.685. The molecule has 184 valence electrons. The first kappa shape index (κ1) is 27.3. The summed E-state index contributed by atoms with van der Waals surface area (Å²) >= 11 is 0. The fourth-order valence-corrected chi connectivity index (χ4v) is 7.55. The molecule has 2 rings (SSSR count). The molecule has 5 nitrogen and oxygen atoms in total. The molecule has 0 radical (unpaired) electrons. The number of hydrogen-bond donors (Lipinski definition) is 0. The molecule has 0 aromatic carbocycles. The minimum absolute atomic E-state index is 0.0362. The van der Waals surface area contributed by atoms with Crippen LogP contribution >= 0.6 is 0 Å². The highest BCUT2D eigenvalue weighted by molar-refractivity contribution is 6.74. The van der Waals surface area contributed by atoms with Crippen molar-refractivity contribution in [3.05, 3.63) is 12.7 Å². The van der Waals surface area contributed by atoms with Gasteiger partial charge in [0.15, 0.2) is 19.5 Å². The van der Waals surface area contributed by atoms with E-state index in [2.05, 4.69) is 68.1 Å². The summed E-state index contributed by atoms with van der Waals surface area (Å²) in [5.41, 5.74) is -1.82. The lowest BCUT2D eigenvalue weighted by atomic mass is 9.55. The minimum Gasteiger partial charge on any atom is -0.468 e. The molecule has 32 heavy (non-hydrogen) atoms. The Morgan fingerprint density at radius 3 is 2.34 bits per heavy atom. The number of carbonyl (C=O) groups excluding carboxylic acids is 2. The van der Waals surface area contributed by atoms with Gasteiger partial charge in [-0.25, -0.2) is 0 Å². The first-order valence-corrected chi connectivity index (χ1v) is 15.0. The summed E-state index contributed by atoms with van der Waals surface area (Å²) in [6.45, 7) is 23.5. The Morgan fingerprint density at radius 2 is 1.88 bits per heavy atom. The van der Waals surface area contributed by atoms with E-state index in [0.29, 0.717) is 25.2 Å². The molecular weight excluding hydrogens is 420 g/mol. The molecule has 2 fully saturated rings. The van der Waals surface area contributed by atoms with E-state index in [0.717, 1.165) is 6.42 Å². The Hall–Kier alpha value is -0.983. The summed E-state index contributed by atoms with van der Waals surface area (Å²) in [6.07, 6.45) is 3.29. The predicted molar refractivity (Wildman–Crippen MR) is 131 cm³/mol.